The van der Waals surface area contributed by atoms with E-state index in [4.69, 9.17) is 0 Å². The number of hydrogen-bond acceptors (Lipinski definition) is 4. The van der Waals surface area contributed by atoms with E-state index in [-0.39, 0.29) is 17.3 Å². The Labute approximate surface area is 171 Å². The Balaban J connectivity index is 1.74. The second kappa shape index (κ2) is 8.23. The molecule has 1 amide bonds. The van der Waals surface area contributed by atoms with Crippen LogP contribution in [0.5, 0.6) is 0 Å². The predicted molar refractivity (Wildman–Crippen MR) is 118 cm³/mol. The molecule has 3 aromatic carbocycles. The zero-order valence-corrected chi connectivity index (χ0v) is 17.8. The third-order valence-electron chi connectivity index (χ3n) is 4.79. The van der Waals surface area contributed by atoms with E-state index in [1.165, 1.54) is 20.2 Å². The first-order valence-corrected chi connectivity index (χ1v) is 10.7. The van der Waals surface area contributed by atoms with Gasteiger partial charge in [-0.25, -0.2) is 12.7 Å². The molecule has 0 bridgehead atoms. The largest absolute Gasteiger partial charge is 0.365 e. The van der Waals surface area contributed by atoms with Gasteiger partial charge in [0, 0.05) is 32.5 Å². The summed E-state index contributed by atoms with van der Waals surface area (Å²) in [4.78, 5) is 14.6. The molecule has 6 nitrogen and oxygen atoms in total. The fraction of sp³-hybridized carbons (Fsp3) is 0.227. The van der Waals surface area contributed by atoms with Crippen LogP contribution in [0.4, 0.5) is 11.4 Å². The van der Waals surface area contributed by atoms with Crippen molar-refractivity contribution in [2.24, 2.45) is 0 Å². The number of sulfonamides is 1. The lowest BCUT2D eigenvalue weighted by molar-refractivity contribution is -0.114. The van der Waals surface area contributed by atoms with Gasteiger partial charge >= 0.3 is 0 Å². The minimum absolute atomic E-state index is 0.141. The van der Waals surface area contributed by atoms with Crippen molar-refractivity contribution in [2.45, 2.75) is 11.8 Å². The third kappa shape index (κ3) is 4.58. The maximum Gasteiger partial charge on any atom is 0.243 e. The van der Waals surface area contributed by atoms with E-state index in [9.17, 15) is 13.2 Å². The summed E-state index contributed by atoms with van der Waals surface area (Å²) in [5, 5.41) is 5.04. The van der Waals surface area contributed by atoms with Crippen LogP contribution in [0.3, 0.4) is 0 Å². The van der Waals surface area contributed by atoms with Gasteiger partial charge in [0.1, 0.15) is 0 Å². The average molecular weight is 412 g/mol. The molecule has 0 heterocycles. The summed E-state index contributed by atoms with van der Waals surface area (Å²) >= 11 is 0. The van der Waals surface area contributed by atoms with E-state index < -0.39 is 10.0 Å². The number of nitrogens with one attached hydrogen (secondary N) is 1. The molecule has 0 saturated heterocycles. The lowest BCUT2D eigenvalue weighted by atomic mass is 10.1. The Morgan fingerprint density at radius 3 is 2.31 bits per heavy atom. The van der Waals surface area contributed by atoms with Gasteiger partial charge in [0.15, 0.2) is 0 Å². The number of benzene rings is 3. The van der Waals surface area contributed by atoms with Crippen LogP contribution in [0.2, 0.25) is 0 Å². The summed E-state index contributed by atoms with van der Waals surface area (Å²) in [5.41, 5.74) is 2.01. The fourth-order valence-corrected chi connectivity index (χ4v) is 4.22. The van der Waals surface area contributed by atoms with E-state index in [0.717, 1.165) is 20.8 Å². The fourth-order valence-electron chi connectivity index (χ4n) is 3.07. The van der Waals surface area contributed by atoms with Crippen molar-refractivity contribution in [1.29, 1.82) is 0 Å². The van der Waals surface area contributed by atoms with Crippen molar-refractivity contribution in [3.8, 4) is 0 Å². The first-order valence-electron chi connectivity index (χ1n) is 9.21. The average Bonchev–Trinajstić information content (AvgIpc) is 2.68. The highest BCUT2D eigenvalue weighted by Crippen LogP contribution is 2.23. The molecule has 0 radical (unpaired) electrons. The van der Waals surface area contributed by atoms with Gasteiger partial charge in [-0.1, -0.05) is 36.4 Å². The summed E-state index contributed by atoms with van der Waals surface area (Å²) in [6.07, 6.45) is 0. The van der Waals surface area contributed by atoms with Crippen LogP contribution in [0.15, 0.2) is 65.6 Å². The molecule has 0 aliphatic rings. The molecule has 7 heteroatoms. The molecule has 3 rings (SSSR count). The SMILES string of the molecule is Cc1ccc(NC(=O)CN(C)c2ccc3ccccc3c2)cc1S(=O)(=O)N(C)C. The molecule has 0 aliphatic heterocycles. The first-order chi connectivity index (χ1) is 13.7. The number of carbonyl (C=O) groups excluding carboxylic acids is 1. The normalized spacial score (nSPS) is 11.6. The lowest BCUT2D eigenvalue weighted by Crippen LogP contribution is -2.30. The van der Waals surface area contributed by atoms with Crippen molar-refractivity contribution in [3.05, 3.63) is 66.2 Å². The maximum atomic E-state index is 12.5. The highest BCUT2D eigenvalue weighted by atomic mass is 32.2. The monoisotopic (exact) mass is 411 g/mol. The predicted octanol–water partition coefficient (Wildman–Crippen LogP) is 3.47. The van der Waals surface area contributed by atoms with E-state index in [2.05, 4.69) is 5.32 Å². The van der Waals surface area contributed by atoms with Gasteiger partial charge in [-0.05, 0) is 47.5 Å². The maximum absolute atomic E-state index is 12.5. The summed E-state index contributed by atoms with van der Waals surface area (Å²) in [6, 6.07) is 19.0. The number of fused-ring (bicyclic) bond motifs is 1. The smallest absolute Gasteiger partial charge is 0.243 e. The zero-order valence-electron chi connectivity index (χ0n) is 17.0. The molecule has 0 unspecified atom stereocenters. The first kappa shape index (κ1) is 20.8. The van der Waals surface area contributed by atoms with Gasteiger partial charge in [0.25, 0.3) is 0 Å². The molecular weight excluding hydrogens is 386 g/mol. The van der Waals surface area contributed by atoms with Gasteiger partial charge in [0.05, 0.1) is 11.4 Å². The summed E-state index contributed by atoms with van der Waals surface area (Å²) in [5.74, 6) is -0.224. The van der Waals surface area contributed by atoms with Crippen molar-refractivity contribution in [3.63, 3.8) is 0 Å². The van der Waals surface area contributed by atoms with Crippen LogP contribution in [0.25, 0.3) is 10.8 Å². The summed E-state index contributed by atoms with van der Waals surface area (Å²) in [7, 11) is 1.24. The number of likely N-dealkylation sites (N-methyl/N-ethyl adjacent to an activating group) is 1. The molecule has 1 N–H and O–H groups in total. The minimum Gasteiger partial charge on any atom is -0.365 e. The van der Waals surface area contributed by atoms with Crippen LogP contribution in [0, 0.1) is 6.92 Å². The number of aryl methyl sites for hydroxylation is 1. The minimum atomic E-state index is -3.58. The number of hydrogen-bond donors (Lipinski definition) is 1. The van der Waals surface area contributed by atoms with Crippen molar-refractivity contribution < 1.29 is 13.2 Å². The van der Waals surface area contributed by atoms with E-state index in [1.54, 1.807) is 19.1 Å². The topological polar surface area (TPSA) is 69.7 Å². The highest BCUT2D eigenvalue weighted by molar-refractivity contribution is 7.89. The van der Waals surface area contributed by atoms with Gasteiger partial charge in [0.2, 0.25) is 15.9 Å². The molecule has 29 heavy (non-hydrogen) atoms. The Morgan fingerprint density at radius 1 is 0.931 bits per heavy atom. The zero-order chi connectivity index (χ0) is 21.2. The Bertz CT molecular complexity index is 1160. The lowest BCUT2D eigenvalue weighted by Gasteiger charge is -2.20. The van der Waals surface area contributed by atoms with Gasteiger partial charge in [-0.3, -0.25) is 4.79 Å². The Kier molecular flexibility index (Phi) is 5.91. The third-order valence-corrected chi connectivity index (χ3v) is 6.74. The number of amides is 1. The van der Waals surface area contributed by atoms with Gasteiger partial charge in [-0.2, -0.15) is 0 Å². The molecule has 0 atom stereocenters. The van der Waals surface area contributed by atoms with Crippen LogP contribution in [-0.2, 0) is 14.8 Å². The molecule has 0 fully saturated rings. The number of anilines is 2. The van der Waals surface area contributed by atoms with Crippen LogP contribution in [-0.4, -0.2) is 46.3 Å². The molecule has 0 aliphatic carbocycles. The van der Waals surface area contributed by atoms with Crippen LogP contribution < -0.4 is 10.2 Å². The van der Waals surface area contributed by atoms with Crippen LogP contribution in [0.1, 0.15) is 5.56 Å². The molecule has 0 saturated carbocycles. The highest BCUT2D eigenvalue weighted by Gasteiger charge is 2.20. The van der Waals surface area contributed by atoms with E-state index in [0.29, 0.717) is 11.3 Å². The number of nitrogens with zero attached hydrogens (tertiary/aromatic N) is 2. The quantitative estimate of drug-likeness (QED) is 0.674. The molecule has 152 valence electrons. The number of rotatable bonds is 6. The van der Waals surface area contributed by atoms with Crippen molar-refractivity contribution in [1.82, 2.24) is 4.31 Å². The molecule has 3 aromatic rings. The van der Waals surface area contributed by atoms with E-state index in [1.807, 2.05) is 54.4 Å². The number of carbonyl (C=O) groups is 1. The second-order valence-corrected chi connectivity index (χ2v) is 9.32. The summed E-state index contributed by atoms with van der Waals surface area (Å²) in [6.45, 7) is 1.87. The van der Waals surface area contributed by atoms with Crippen LogP contribution >= 0.6 is 0 Å². The van der Waals surface area contributed by atoms with Gasteiger partial charge < -0.3 is 10.2 Å². The van der Waals surface area contributed by atoms with Crippen molar-refractivity contribution in [2.75, 3.05) is 37.9 Å². The Morgan fingerprint density at radius 2 is 1.62 bits per heavy atom. The molecule has 0 aromatic heterocycles. The van der Waals surface area contributed by atoms with E-state index >= 15 is 0 Å². The Hall–Kier alpha value is -2.90. The molecule has 0 spiro atoms. The van der Waals surface area contributed by atoms with Crippen molar-refractivity contribution >= 4 is 38.1 Å². The summed E-state index contributed by atoms with van der Waals surface area (Å²) < 4.78 is 26.1. The molecular formula is C22H25N3O3S. The second-order valence-electron chi connectivity index (χ2n) is 7.20. The van der Waals surface area contributed by atoms with Gasteiger partial charge in [-0.15, -0.1) is 0 Å². The standard InChI is InChI=1S/C22H25N3O3S/c1-16-9-11-19(14-21(16)29(27,28)24(2)3)23-22(26)15-25(4)20-12-10-17-7-5-6-8-18(17)13-20/h5-14H,15H2,1-4H3,(H,23,26).